The van der Waals surface area contributed by atoms with Gasteiger partial charge in [-0.3, -0.25) is 9.59 Å². The van der Waals surface area contributed by atoms with Gasteiger partial charge < -0.3 is 10.1 Å². The number of carboxylic acid groups (broad SMARTS) is 1. The standard InChI is InChI=1S/C9H12N2O3S/c1-5(9(13)14)4-15-8-3-7(12)10-6(2)11-8/h3,5H,4H2,1-2H3,(H,13,14)(H,10,11,12). The first kappa shape index (κ1) is 11.8. The molecule has 5 nitrogen and oxygen atoms in total. The molecule has 0 saturated carbocycles. The minimum absolute atomic E-state index is 0.215. The molecule has 1 aromatic rings. The lowest BCUT2D eigenvalue weighted by Crippen LogP contribution is -2.13. The first-order chi connectivity index (χ1) is 6.99. The van der Waals surface area contributed by atoms with E-state index in [1.54, 1.807) is 13.8 Å². The van der Waals surface area contributed by atoms with Crippen LogP contribution < -0.4 is 5.56 Å². The van der Waals surface area contributed by atoms with E-state index < -0.39 is 11.9 Å². The zero-order chi connectivity index (χ0) is 11.4. The molecule has 0 fully saturated rings. The van der Waals surface area contributed by atoms with E-state index in [9.17, 15) is 9.59 Å². The number of carboxylic acids is 1. The smallest absolute Gasteiger partial charge is 0.307 e. The summed E-state index contributed by atoms with van der Waals surface area (Å²) in [5.74, 6) is -0.348. The van der Waals surface area contributed by atoms with Gasteiger partial charge in [0, 0.05) is 11.8 Å². The number of aryl methyl sites for hydroxylation is 1. The molecule has 0 saturated heterocycles. The van der Waals surface area contributed by atoms with Gasteiger partial charge in [0.2, 0.25) is 0 Å². The average Bonchev–Trinajstić information content (AvgIpc) is 2.12. The maximum atomic E-state index is 11.1. The van der Waals surface area contributed by atoms with Gasteiger partial charge in [-0.1, -0.05) is 6.92 Å². The Morgan fingerprint density at radius 1 is 1.73 bits per heavy atom. The fraction of sp³-hybridized carbons (Fsp3) is 0.444. The van der Waals surface area contributed by atoms with Crippen molar-refractivity contribution in [3.63, 3.8) is 0 Å². The Morgan fingerprint density at radius 2 is 2.40 bits per heavy atom. The number of nitrogens with one attached hydrogen (secondary N) is 1. The van der Waals surface area contributed by atoms with Crippen LogP contribution in [0, 0.1) is 12.8 Å². The molecule has 0 bridgehead atoms. The third-order valence-corrected chi connectivity index (χ3v) is 2.91. The van der Waals surface area contributed by atoms with Gasteiger partial charge in [0.25, 0.3) is 5.56 Å². The van der Waals surface area contributed by atoms with Gasteiger partial charge in [-0.15, -0.1) is 11.8 Å². The maximum Gasteiger partial charge on any atom is 0.307 e. The molecule has 0 radical (unpaired) electrons. The first-order valence-corrected chi connectivity index (χ1v) is 5.41. The molecule has 1 unspecified atom stereocenters. The van der Waals surface area contributed by atoms with Crippen molar-refractivity contribution in [1.82, 2.24) is 9.97 Å². The molecule has 1 atom stereocenters. The summed E-state index contributed by atoms with van der Waals surface area (Å²) in [6, 6.07) is 1.37. The normalized spacial score (nSPS) is 12.4. The fourth-order valence-electron chi connectivity index (χ4n) is 0.908. The second kappa shape index (κ2) is 4.97. The lowest BCUT2D eigenvalue weighted by Gasteiger charge is -2.04. The molecular formula is C9H12N2O3S. The topological polar surface area (TPSA) is 83.0 Å². The number of aromatic amines is 1. The molecule has 1 heterocycles. The summed E-state index contributed by atoms with van der Waals surface area (Å²) in [6.45, 7) is 3.31. The van der Waals surface area contributed by atoms with Gasteiger partial charge >= 0.3 is 5.97 Å². The van der Waals surface area contributed by atoms with Crippen molar-refractivity contribution in [2.45, 2.75) is 18.9 Å². The largest absolute Gasteiger partial charge is 0.481 e. The number of aromatic nitrogens is 2. The van der Waals surface area contributed by atoms with Gasteiger partial charge in [-0.25, -0.2) is 4.98 Å². The molecule has 1 rings (SSSR count). The van der Waals surface area contributed by atoms with Crippen LogP contribution in [0.25, 0.3) is 0 Å². The van der Waals surface area contributed by atoms with Crippen molar-refractivity contribution < 1.29 is 9.90 Å². The van der Waals surface area contributed by atoms with E-state index in [2.05, 4.69) is 9.97 Å². The first-order valence-electron chi connectivity index (χ1n) is 4.42. The number of nitrogens with zero attached hydrogens (tertiary/aromatic N) is 1. The summed E-state index contributed by atoms with van der Waals surface area (Å²) in [6.07, 6.45) is 0. The summed E-state index contributed by atoms with van der Waals surface area (Å²) in [5, 5.41) is 9.23. The third kappa shape index (κ3) is 3.75. The van der Waals surface area contributed by atoms with E-state index in [1.165, 1.54) is 17.8 Å². The highest BCUT2D eigenvalue weighted by atomic mass is 32.2. The highest BCUT2D eigenvalue weighted by molar-refractivity contribution is 7.99. The SMILES string of the molecule is Cc1nc(SCC(C)C(=O)O)cc(=O)[nH]1. The Balaban J connectivity index is 2.65. The average molecular weight is 228 g/mol. The van der Waals surface area contributed by atoms with Crippen LogP contribution in [0.4, 0.5) is 0 Å². The fourth-order valence-corrected chi connectivity index (χ4v) is 1.86. The van der Waals surface area contributed by atoms with Crippen LogP contribution >= 0.6 is 11.8 Å². The second-order valence-electron chi connectivity index (χ2n) is 3.22. The molecule has 0 aliphatic rings. The number of aliphatic carboxylic acids is 1. The van der Waals surface area contributed by atoms with Gasteiger partial charge in [-0.2, -0.15) is 0 Å². The predicted molar refractivity (Wildman–Crippen MR) is 57.1 cm³/mol. The van der Waals surface area contributed by atoms with Crippen molar-refractivity contribution in [3.8, 4) is 0 Å². The molecule has 6 heteroatoms. The van der Waals surface area contributed by atoms with Crippen LogP contribution in [0.15, 0.2) is 15.9 Å². The Hall–Kier alpha value is -1.30. The molecule has 0 aliphatic carbocycles. The minimum atomic E-state index is -0.843. The van der Waals surface area contributed by atoms with Gasteiger partial charge in [0.05, 0.1) is 5.92 Å². The lowest BCUT2D eigenvalue weighted by atomic mass is 10.2. The highest BCUT2D eigenvalue weighted by Crippen LogP contribution is 2.16. The summed E-state index contributed by atoms with van der Waals surface area (Å²) in [5.41, 5.74) is -0.215. The van der Waals surface area contributed by atoms with E-state index in [-0.39, 0.29) is 5.56 Å². The molecule has 15 heavy (non-hydrogen) atoms. The van der Waals surface area contributed by atoms with Crippen molar-refractivity contribution in [1.29, 1.82) is 0 Å². The number of rotatable bonds is 4. The van der Waals surface area contributed by atoms with Crippen LogP contribution in [0.5, 0.6) is 0 Å². The molecule has 1 aromatic heterocycles. The molecule has 0 aliphatic heterocycles. The van der Waals surface area contributed by atoms with Crippen molar-refractivity contribution in [2.75, 3.05) is 5.75 Å². The van der Waals surface area contributed by atoms with Crippen molar-refractivity contribution in [2.24, 2.45) is 5.92 Å². The van der Waals surface area contributed by atoms with Gasteiger partial charge in [-0.05, 0) is 6.92 Å². The number of H-pyrrole nitrogens is 1. The monoisotopic (exact) mass is 228 g/mol. The van der Waals surface area contributed by atoms with E-state index in [1.807, 2.05) is 0 Å². The molecule has 2 N–H and O–H groups in total. The molecule has 0 amide bonds. The molecule has 82 valence electrons. The molecule has 0 aromatic carbocycles. The lowest BCUT2D eigenvalue weighted by molar-refractivity contribution is -0.140. The van der Waals surface area contributed by atoms with E-state index >= 15 is 0 Å². The second-order valence-corrected chi connectivity index (χ2v) is 4.26. The maximum absolute atomic E-state index is 11.1. The van der Waals surface area contributed by atoms with Crippen LogP contribution in [0.3, 0.4) is 0 Å². The van der Waals surface area contributed by atoms with Crippen LogP contribution in [0.2, 0.25) is 0 Å². The van der Waals surface area contributed by atoms with Crippen LogP contribution in [0.1, 0.15) is 12.7 Å². The summed E-state index contributed by atoms with van der Waals surface area (Å²) in [4.78, 5) is 28.2. The highest BCUT2D eigenvalue weighted by Gasteiger charge is 2.11. The van der Waals surface area contributed by atoms with Crippen molar-refractivity contribution >= 4 is 17.7 Å². The van der Waals surface area contributed by atoms with Crippen molar-refractivity contribution in [3.05, 3.63) is 22.2 Å². The quantitative estimate of drug-likeness (QED) is 0.590. The summed E-state index contributed by atoms with van der Waals surface area (Å²) < 4.78 is 0. The Bertz CT molecular complexity index is 416. The number of thioether (sulfide) groups is 1. The summed E-state index contributed by atoms with van der Waals surface area (Å²) >= 11 is 1.27. The molecular weight excluding hydrogens is 216 g/mol. The zero-order valence-corrected chi connectivity index (χ0v) is 9.30. The Labute approximate surface area is 90.9 Å². The van der Waals surface area contributed by atoms with Gasteiger partial charge in [0.1, 0.15) is 10.9 Å². The minimum Gasteiger partial charge on any atom is -0.481 e. The van der Waals surface area contributed by atoms with Gasteiger partial charge in [0.15, 0.2) is 0 Å². The summed E-state index contributed by atoms with van der Waals surface area (Å²) in [7, 11) is 0. The van der Waals surface area contributed by atoms with Crippen LogP contribution in [-0.2, 0) is 4.79 Å². The Kier molecular flexibility index (Phi) is 3.90. The number of carbonyl (C=O) groups is 1. The molecule has 0 spiro atoms. The Morgan fingerprint density at radius 3 is 2.93 bits per heavy atom. The van der Waals surface area contributed by atoms with E-state index in [4.69, 9.17) is 5.11 Å². The third-order valence-electron chi connectivity index (χ3n) is 1.74. The number of hydrogen-bond donors (Lipinski definition) is 2. The number of hydrogen-bond acceptors (Lipinski definition) is 4. The van der Waals surface area contributed by atoms with E-state index in [0.717, 1.165) is 0 Å². The zero-order valence-electron chi connectivity index (χ0n) is 8.48. The predicted octanol–water partition coefficient (Wildman–Crippen LogP) is 0.891. The van der Waals surface area contributed by atoms with Crippen LogP contribution in [-0.4, -0.2) is 26.8 Å². The van der Waals surface area contributed by atoms with E-state index in [0.29, 0.717) is 16.6 Å².